The molecule has 1 heterocycles. The number of aryl methyl sites for hydroxylation is 1. The van der Waals surface area contributed by atoms with E-state index >= 15 is 0 Å². The van der Waals surface area contributed by atoms with Crippen LogP contribution in [0.15, 0.2) is 24.3 Å². The van der Waals surface area contributed by atoms with Crippen LogP contribution in [0.25, 0.3) is 0 Å². The predicted molar refractivity (Wildman–Crippen MR) is 85.5 cm³/mol. The fraction of sp³-hybridized carbons (Fsp3) is 0.438. The number of alkyl carbamates (subject to hydrolysis) is 1. The first-order valence-electron chi connectivity index (χ1n) is 7.49. The van der Waals surface area contributed by atoms with Gasteiger partial charge in [-0.15, -0.1) is 0 Å². The van der Waals surface area contributed by atoms with Crippen molar-refractivity contribution in [1.82, 2.24) is 20.1 Å². The van der Waals surface area contributed by atoms with Crippen LogP contribution >= 0.6 is 0 Å². The second-order valence-corrected chi connectivity index (χ2v) is 5.05. The molecule has 1 unspecified atom stereocenters. The molecule has 1 aromatic carbocycles. The summed E-state index contributed by atoms with van der Waals surface area (Å²) in [5.41, 5.74) is 1.02. The molecule has 2 rings (SSSR count). The second-order valence-electron chi connectivity index (χ2n) is 5.05. The molecule has 0 spiro atoms. The number of hydrogen-bond donors (Lipinski definition) is 1. The smallest absolute Gasteiger partial charge is 0.407 e. The van der Waals surface area contributed by atoms with Crippen molar-refractivity contribution in [3.63, 3.8) is 0 Å². The average Bonchev–Trinajstić information content (AvgIpc) is 2.98. The van der Waals surface area contributed by atoms with Crippen molar-refractivity contribution in [1.29, 1.82) is 0 Å². The molecule has 0 aliphatic rings. The summed E-state index contributed by atoms with van der Waals surface area (Å²) in [6, 6.07) is 7.49. The number of nitrogens with one attached hydrogen (secondary N) is 1. The molecule has 1 amide bonds. The van der Waals surface area contributed by atoms with E-state index in [9.17, 15) is 4.79 Å². The zero-order valence-electron chi connectivity index (χ0n) is 13.9. The minimum Gasteiger partial charge on any atom is -0.496 e. The summed E-state index contributed by atoms with van der Waals surface area (Å²) in [7, 11) is 2.98. The van der Waals surface area contributed by atoms with E-state index in [1.54, 1.807) is 11.8 Å². The maximum atomic E-state index is 11.4. The number of aromatic nitrogens is 3. The van der Waals surface area contributed by atoms with Crippen molar-refractivity contribution < 1.29 is 14.3 Å². The molecule has 7 heteroatoms. The maximum Gasteiger partial charge on any atom is 0.407 e. The Morgan fingerprint density at radius 1 is 1.35 bits per heavy atom. The van der Waals surface area contributed by atoms with Gasteiger partial charge in [0.1, 0.15) is 11.6 Å². The molecular weight excluding hydrogens is 296 g/mol. The van der Waals surface area contributed by atoms with Gasteiger partial charge in [0, 0.05) is 18.5 Å². The summed E-state index contributed by atoms with van der Waals surface area (Å²) in [5, 5.41) is 7.22. The lowest BCUT2D eigenvalue weighted by atomic mass is 10.1. The monoisotopic (exact) mass is 318 g/mol. The largest absolute Gasteiger partial charge is 0.496 e. The van der Waals surface area contributed by atoms with E-state index in [4.69, 9.17) is 4.74 Å². The Labute approximate surface area is 135 Å². The molecule has 0 radical (unpaired) electrons. The van der Waals surface area contributed by atoms with Crippen molar-refractivity contribution >= 4 is 6.09 Å². The first-order valence-corrected chi connectivity index (χ1v) is 7.49. The minimum atomic E-state index is -0.491. The van der Waals surface area contributed by atoms with E-state index in [0.29, 0.717) is 24.6 Å². The third kappa shape index (κ3) is 4.00. The van der Waals surface area contributed by atoms with E-state index in [1.807, 2.05) is 38.1 Å². The molecule has 1 N–H and O–H groups in total. The first-order chi connectivity index (χ1) is 11.1. The number of ether oxygens (including phenoxy) is 2. The van der Waals surface area contributed by atoms with Gasteiger partial charge in [-0.1, -0.05) is 18.2 Å². The van der Waals surface area contributed by atoms with Crippen molar-refractivity contribution in [2.24, 2.45) is 0 Å². The van der Waals surface area contributed by atoms with Crippen LogP contribution < -0.4 is 10.1 Å². The number of amides is 1. The van der Waals surface area contributed by atoms with E-state index in [1.165, 1.54) is 7.11 Å². The van der Waals surface area contributed by atoms with E-state index in [2.05, 4.69) is 20.1 Å². The fourth-order valence-corrected chi connectivity index (χ4v) is 2.35. The van der Waals surface area contributed by atoms with Crippen molar-refractivity contribution in [3.05, 3.63) is 41.5 Å². The highest BCUT2D eigenvalue weighted by Gasteiger charge is 2.18. The van der Waals surface area contributed by atoms with E-state index in [0.717, 1.165) is 11.3 Å². The summed E-state index contributed by atoms with van der Waals surface area (Å²) in [6.45, 7) is 4.50. The molecule has 0 saturated carbocycles. The highest BCUT2D eigenvalue weighted by molar-refractivity contribution is 5.67. The highest BCUT2D eigenvalue weighted by atomic mass is 16.5. The van der Waals surface area contributed by atoms with Gasteiger partial charge in [0.25, 0.3) is 0 Å². The molecule has 0 fully saturated rings. The third-order valence-corrected chi connectivity index (χ3v) is 3.49. The molecule has 0 aliphatic carbocycles. The number of methoxy groups -OCH3 is 2. The van der Waals surface area contributed by atoms with Gasteiger partial charge >= 0.3 is 6.09 Å². The third-order valence-electron chi connectivity index (χ3n) is 3.49. The summed E-state index contributed by atoms with van der Waals surface area (Å²) < 4.78 is 11.8. The summed E-state index contributed by atoms with van der Waals surface area (Å²) in [5.74, 6) is 2.19. The molecule has 0 bridgehead atoms. The number of para-hydroxylation sites is 1. The standard InChI is InChI=1S/C16H22N4O3/c1-5-20-15(11(2)17-16(21)23-4)18-14(19-20)10-12-8-6-7-9-13(12)22-3/h6-9,11H,5,10H2,1-4H3,(H,17,21). The van der Waals surface area contributed by atoms with Gasteiger partial charge in [-0.25, -0.2) is 14.5 Å². The minimum absolute atomic E-state index is 0.290. The predicted octanol–water partition coefficient (Wildman–Crippen LogP) is 2.31. The Morgan fingerprint density at radius 2 is 2.09 bits per heavy atom. The van der Waals surface area contributed by atoms with Gasteiger partial charge in [0.05, 0.1) is 20.3 Å². The molecule has 7 nitrogen and oxygen atoms in total. The van der Waals surface area contributed by atoms with Crippen LogP contribution in [0.3, 0.4) is 0 Å². The van der Waals surface area contributed by atoms with Gasteiger partial charge in [0.2, 0.25) is 0 Å². The normalized spacial score (nSPS) is 11.8. The number of benzene rings is 1. The molecule has 124 valence electrons. The Balaban J connectivity index is 2.23. The molecule has 2 aromatic rings. The zero-order valence-corrected chi connectivity index (χ0v) is 13.9. The van der Waals surface area contributed by atoms with E-state index < -0.39 is 6.09 Å². The number of carbonyl (C=O) groups is 1. The van der Waals surface area contributed by atoms with Crippen LogP contribution in [0.4, 0.5) is 4.79 Å². The average molecular weight is 318 g/mol. The second kappa shape index (κ2) is 7.62. The Kier molecular flexibility index (Phi) is 5.56. The Bertz CT molecular complexity index is 669. The lowest BCUT2D eigenvalue weighted by Crippen LogP contribution is -2.28. The quantitative estimate of drug-likeness (QED) is 0.884. The topological polar surface area (TPSA) is 78.3 Å². The van der Waals surface area contributed by atoms with Gasteiger partial charge < -0.3 is 14.8 Å². The van der Waals surface area contributed by atoms with Crippen LogP contribution in [-0.4, -0.2) is 35.1 Å². The van der Waals surface area contributed by atoms with Gasteiger partial charge in [-0.05, 0) is 19.9 Å². The number of rotatable bonds is 6. The van der Waals surface area contributed by atoms with E-state index in [-0.39, 0.29) is 6.04 Å². The van der Waals surface area contributed by atoms with Crippen LogP contribution in [-0.2, 0) is 17.7 Å². The Hall–Kier alpha value is -2.57. The van der Waals surface area contributed by atoms with Crippen LogP contribution in [0.5, 0.6) is 5.75 Å². The van der Waals surface area contributed by atoms with Gasteiger partial charge in [0.15, 0.2) is 5.82 Å². The van der Waals surface area contributed by atoms with Crippen LogP contribution in [0.2, 0.25) is 0 Å². The number of carbonyl (C=O) groups excluding carboxylic acids is 1. The van der Waals surface area contributed by atoms with Crippen molar-refractivity contribution in [2.45, 2.75) is 32.9 Å². The highest BCUT2D eigenvalue weighted by Crippen LogP contribution is 2.20. The maximum absolute atomic E-state index is 11.4. The molecule has 0 saturated heterocycles. The number of hydrogen-bond acceptors (Lipinski definition) is 5. The van der Waals surface area contributed by atoms with Gasteiger partial charge in [-0.2, -0.15) is 5.10 Å². The molecule has 23 heavy (non-hydrogen) atoms. The van der Waals surface area contributed by atoms with Gasteiger partial charge in [-0.3, -0.25) is 0 Å². The SMILES string of the molecule is CCn1nc(Cc2ccccc2OC)nc1C(C)NC(=O)OC. The summed E-state index contributed by atoms with van der Waals surface area (Å²) in [6.07, 6.45) is 0.0732. The molecular formula is C16H22N4O3. The van der Waals surface area contributed by atoms with Crippen molar-refractivity contribution in [3.8, 4) is 5.75 Å². The lowest BCUT2D eigenvalue weighted by molar-refractivity contribution is 0.166. The fourth-order valence-electron chi connectivity index (χ4n) is 2.35. The summed E-state index contributed by atoms with van der Waals surface area (Å²) >= 11 is 0. The summed E-state index contributed by atoms with van der Waals surface area (Å²) in [4.78, 5) is 15.9. The molecule has 1 aromatic heterocycles. The first kappa shape index (κ1) is 16.8. The van der Waals surface area contributed by atoms with Crippen LogP contribution in [0, 0.1) is 0 Å². The van der Waals surface area contributed by atoms with Crippen LogP contribution in [0.1, 0.15) is 37.1 Å². The number of nitrogens with zero attached hydrogens (tertiary/aromatic N) is 3. The van der Waals surface area contributed by atoms with Crippen molar-refractivity contribution in [2.75, 3.05) is 14.2 Å². The Morgan fingerprint density at radius 3 is 2.74 bits per heavy atom. The molecule has 0 aliphatic heterocycles. The lowest BCUT2D eigenvalue weighted by Gasteiger charge is -2.12. The molecule has 1 atom stereocenters. The zero-order chi connectivity index (χ0) is 16.8.